The SMILES string of the molecule is Cc1ccc(C(CNC(=O)N(C)Cc2cnn(C)c2)N2CCC(C)CC2)cc1. The molecule has 152 valence electrons. The maximum absolute atomic E-state index is 12.6. The lowest BCUT2D eigenvalue weighted by molar-refractivity contribution is 0.134. The van der Waals surface area contributed by atoms with E-state index in [9.17, 15) is 4.79 Å². The van der Waals surface area contributed by atoms with Crippen molar-refractivity contribution in [3.8, 4) is 0 Å². The molecule has 1 aromatic heterocycles. The van der Waals surface area contributed by atoms with E-state index in [0.717, 1.165) is 24.6 Å². The zero-order valence-electron chi connectivity index (χ0n) is 17.6. The van der Waals surface area contributed by atoms with Crippen molar-refractivity contribution in [2.75, 3.05) is 26.7 Å². The number of nitrogens with zero attached hydrogens (tertiary/aromatic N) is 4. The molecular formula is C22H33N5O. The van der Waals surface area contributed by atoms with Gasteiger partial charge in [-0.1, -0.05) is 36.8 Å². The number of hydrogen-bond acceptors (Lipinski definition) is 3. The molecule has 28 heavy (non-hydrogen) atoms. The van der Waals surface area contributed by atoms with Gasteiger partial charge < -0.3 is 10.2 Å². The summed E-state index contributed by atoms with van der Waals surface area (Å²) in [6.45, 7) is 7.77. The van der Waals surface area contributed by atoms with Crippen molar-refractivity contribution in [3.05, 3.63) is 53.3 Å². The molecule has 1 N–H and O–H groups in total. The van der Waals surface area contributed by atoms with E-state index in [4.69, 9.17) is 0 Å². The zero-order chi connectivity index (χ0) is 20.1. The molecule has 0 bridgehead atoms. The van der Waals surface area contributed by atoms with E-state index in [1.807, 2.05) is 20.3 Å². The highest BCUT2D eigenvalue weighted by Gasteiger charge is 2.25. The van der Waals surface area contributed by atoms with Crippen LogP contribution in [0.25, 0.3) is 0 Å². The molecule has 1 aliphatic heterocycles. The summed E-state index contributed by atoms with van der Waals surface area (Å²) in [6, 6.07) is 8.87. The normalized spacial score (nSPS) is 16.7. The van der Waals surface area contributed by atoms with E-state index in [1.165, 1.54) is 24.0 Å². The Hall–Kier alpha value is -2.34. The lowest BCUT2D eigenvalue weighted by Crippen LogP contribution is -2.44. The van der Waals surface area contributed by atoms with Gasteiger partial charge in [-0.15, -0.1) is 0 Å². The molecule has 1 saturated heterocycles. The smallest absolute Gasteiger partial charge is 0.317 e. The minimum Gasteiger partial charge on any atom is -0.336 e. The van der Waals surface area contributed by atoms with Crippen LogP contribution in [0.4, 0.5) is 4.79 Å². The molecule has 1 fully saturated rings. The maximum Gasteiger partial charge on any atom is 0.317 e. The van der Waals surface area contributed by atoms with Crippen LogP contribution >= 0.6 is 0 Å². The van der Waals surface area contributed by atoms with E-state index in [-0.39, 0.29) is 12.1 Å². The van der Waals surface area contributed by atoms with Gasteiger partial charge in [-0.2, -0.15) is 5.10 Å². The van der Waals surface area contributed by atoms with Gasteiger partial charge in [0, 0.05) is 32.4 Å². The summed E-state index contributed by atoms with van der Waals surface area (Å²) in [5.41, 5.74) is 3.56. The Balaban J connectivity index is 1.63. The standard InChI is InChI=1S/C22H33N5O/c1-17-5-7-20(8-6-17)21(27-11-9-18(2)10-12-27)14-23-22(28)25(3)15-19-13-24-26(4)16-19/h5-8,13,16,18,21H,9-12,14-15H2,1-4H3,(H,23,28). The topological polar surface area (TPSA) is 53.4 Å². The van der Waals surface area contributed by atoms with E-state index < -0.39 is 0 Å². The highest BCUT2D eigenvalue weighted by molar-refractivity contribution is 5.73. The summed E-state index contributed by atoms with van der Waals surface area (Å²) in [5, 5.41) is 7.32. The van der Waals surface area contributed by atoms with Gasteiger partial charge in [0.1, 0.15) is 0 Å². The molecule has 2 aromatic rings. The van der Waals surface area contributed by atoms with E-state index >= 15 is 0 Å². The number of amides is 2. The van der Waals surface area contributed by atoms with Gasteiger partial charge in [-0.3, -0.25) is 9.58 Å². The first-order valence-electron chi connectivity index (χ1n) is 10.2. The van der Waals surface area contributed by atoms with E-state index in [0.29, 0.717) is 13.1 Å². The second-order valence-corrected chi connectivity index (χ2v) is 8.21. The molecule has 3 rings (SSSR count). The molecule has 1 unspecified atom stereocenters. The van der Waals surface area contributed by atoms with Gasteiger partial charge in [0.2, 0.25) is 0 Å². The highest BCUT2D eigenvalue weighted by atomic mass is 16.2. The molecule has 0 aliphatic carbocycles. The van der Waals surface area contributed by atoms with Crippen LogP contribution in [0.5, 0.6) is 0 Å². The predicted octanol–water partition coefficient (Wildman–Crippen LogP) is 3.34. The van der Waals surface area contributed by atoms with Crippen LogP contribution in [0.2, 0.25) is 0 Å². The quantitative estimate of drug-likeness (QED) is 0.832. The van der Waals surface area contributed by atoms with Crippen LogP contribution in [0.15, 0.2) is 36.7 Å². The second-order valence-electron chi connectivity index (χ2n) is 8.21. The van der Waals surface area contributed by atoms with Crippen LogP contribution in [0, 0.1) is 12.8 Å². The van der Waals surface area contributed by atoms with Gasteiger partial charge in [0.25, 0.3) is 0 Å². The number of likely N-dealkylation sites (tertiary alicyclic amines) is 1. The van der Waals surface area contributed by atoms with Crippen molar-refractivity contribution in [2.45, 2.75) is 39.3 Å². The molecule has 0 saturated carbocycles. The monoisotopic (exact) mass is 383 g/mol. The van der Waals surface area contributed by atoms with E-state index in [2.05, 4.69) is 53.4 Å². The van der Waals surface area contributed by atoms with Gasteiger partial charge in [0.05, 0.1) is 18.8 Å². The average molecular weight is 384 g/mol. The summed E-state index contributed by atoms with van der Waals surface area (Å²) in [7, 11) is 3.71. The number of rotatable bonds is 6. The van der Waals surface area contributed by atoms with Crippen molar-refractivity contribution < 1.29 is 4.79 Å². The summed E-state index contributed by atoms with van der Waals surface area (Å²) in [4.78, 5) is 16.9. The molecule has 1 aliphatic rings. The Kier molecular flexibility index (Phi) is 6.73. The van der Waals surface area contributed by atoms with Crippen LogP contribution in [-0.2, 0) is 13.6 Å². The summed E-state index contributed by atoms with van der Waals surface area (Å²) in [5.74, 6) is 0.787. The molecule has 0 spiro atoms. The summed E-state index contributed by atoms with van der Waals surface area (Å²) in [6.07, 6.45) is 6.18. The summed E-state index contributed by atoms with van der Waals surface area (Å²) < 4.78 is 1.76. The Morgan fingerprint density at radius 3 is 2.57 bits per heavy atom. The number of carbonyl (C=O) groups excluding carboxylic acids is 1. The number of nitrogens with one attached hydrogen (secondary N) is 1. The van der Waals surface area contributed by atoms with Crippen LogP contribution in [0.1, 0.15) is 42.5 Å². The number of urea groups is 1. The molecule has 0 radical (unpaired) electrons. The number of hydrogen-bond donors (Lipinski definition) is 1. The van der Waals surface area contributed by atoms with Gasteiger partial charge in [-0.05, 0) is 44.3 Å². The fraction of sp³-hybridized carbons (Fsp3) is 0.545. The Labute approximate surface area is 168 Å². The van der Waals surface area contributed by atoms with Crippen molar-refractivity contribution in [2.24, 2.45) is 13.0 Å². The third-order valence-electron chi connectivity index (χ3n) is 5.69. The van der Waals surface area contributed by atoms with Gasteiger partial charge in [0.15, 0.2) is 0 Å². The zero-order valence-corrected chi connectivity index (χ0v) is 17.6. The molecule has 1 atom stereocenters. The van der Waals surface area contributed by atoms with Gasteiger partial charge >= 0.3 is 6.03 Å². The fourth-order valence-corrected chi connectivity index (χ4v) is 3.80. The largest absolute Gasteiger partial charge is 0.336 e. The first-order chi connectivity index (χ1) is 13.4. The predicted molar refractivity (Wildman–Crippen MR) is 112 cm³/mol. The second kappa shape index (κ2) is 9.24. The lowest BCUT2D eigenvalue weighted by atomic mass is 9.95. The fourth-order valence-electron chi connectivity index (χ4n) is 3.80. The van der Waals surface area contributed by atoms with Crippen molar-refractivity contribution >= 4 is 6.03 Å². The average Bonchev–Trinajstić information content (AvgIpc) is 3.09. The number of benzene rings is 1. The molecule has 6 heteroatoms. The number of aromatic nitrogens is 2. The maximum atomic E-state index is 12.6. The van der Waals surface area contributed by atoms with Crippen molar-refractivity contribution in [1.82, 2.24) is 24.9 Å². The van der Waals surface area contributed by atoms with Crippen molar-refractivity contribution in [1.29, 1.82) is 0 Å². The third-order valence-corrected chi connectivity index (χ3v) is 5.69. The van der Waals surface area contributed by atoms with Gasteiger partial charge in [-0.25, -0.2) is 4.79 Å². The Bertz CT molecular complexity index is 761. The van der Waals surface area contributed by atoms with Crippen molar-refractivity contribution in [3.63, 3.8) is 0 Å². The Morgan fingerprint density at radius 1 is 1.29 bits per heavy atom. The number of piperidine rings is 1. The first-order valence-corrected chi connectivity index (χ1v) is 10.2. The molecule has 2 amide bonds. The minimum absolute atomic E-state index is 0.0497. The number of aryl methyl sites for hydroxylation is 2. The minimum atomic E-state index is -0.0497. The highest BCUT2D eigenvalue weighted by Crippen LogP contribution is 2.26. The van der Waals surface area contributed by atoms with Crippen LogP contribution < -0.4 is 5.32 Å². The third kappa shape index (κ3) is 5.35. The molecule has 2 heterocycles. The Morgan fingerprint density at radius 2 is 1.96 bits per heavy atom. The summed E-state index contributed by atoms with van der Waals surface area (Å²) >= 11 is 0. The molecular weight excluding hydrogens is 350 g/mol. The molecule has 1 aromatic carbocycles. The lowest BCUT2D eigenvalue weighted by Gasteiger charge is -2.37. The molecule has 6 nitrogen and oxygen atoms in total. The van der Waals surface area contributed by atoms with E-state index in [1.54, 1.807) is 15.8 Å². The number of carbonyl (C=O) groups is 1. The van der Waals surface area contributed by atoms with Crippen LogP contribution in [0.3, 0.4) is 0 Å². The van der Waals surface area contributed by atoms with Crippen LogP contribution in [-0.4, -0.2) is 52.3 Å². The first kappa shape index (κ1) is 20.4.